The third-order valence-corrected chi connectivity index (χ3v) is 7.97. The molecule has 0 spiro atoms. The van der Waals surface area contributed by atoms with Gasteiger partial charge in [0.25, 0.3) is 5.69 Å². The molecule has 1 amide bonds. The summed E-state index contributed by atoms with van der Waals surface area (Å²) in [4.78, 5) is 25.6. The summed E-state index contributed by atoms with van der Waals surface area (Å²) in [5.74, 6) is -0.0955. The van der Waals surface area contributed by atoms with Crippen molar-refractivity contribution in [3.8, 4) is 0 Å². The fourth-order valence-corrected chi connectivity index (χ4v) is 5.56. The van der Waals surface area contributed by atoms with Crippen LogP contribution in [0.25, 0.3) is 0 Å². The minimum absolute atomic E-state index is 0.00338. The fraction of sp³-hybridized carbons (Fsp3) is 0.316. The van der Waals surface area contributed by atoms with E-state index in [-0.39, 0.29) is 29.6 Å². The van der Waals surface area contributed by atoms with Gasteiger partial charge in [0, 0.05) is 48.2 Å². The number of sulfonamides is 1. The lowest BCUT2D eigenvalue weighted by Gasteiger charge is -2.35. The Morgan fingerprint density at radius 3 is 2.17 bits per heavy atom. The highest BCUT2D eigenvalue weighted by molar-refractivity contribution is 8.00. The van der Waals surface area contributed by atoms with Gasteiger partial charge in [-0.2, -0.15) is 4.31 Å². The number of hydrogen-bond acceptors (Lipinski definition) is 6. The number of carbonyl (C=O) groups excluding carboxylic acids is 1. The van der Waals surface area contributed by atoms with Crippen molar-refractivity contribution in [1.82, 2.24) is 9.21 Å². The van der Waals surface area contributed by atoms with Crippen LogP contribution in [0.1, 0.15) is 6.92 Å². The van der Waals surface area contributed by atoms with Gasteiger partial charge in [-0.05, 0) is 43.3 Å². The molecule has 1 atom stereocenters. The first-order valence-electron chi connectivity index (χ1n) is 9.14. The number of halogens is 1. The average Bonchev–Trinajstić information content (AvgIpc) is 2.74. The molecule has 0 aliphatic carbocycles. The molecule has 2 aromatic carbocycles. The zero-order valence-electron chi connectivity index (χ0n) is 16.1. The zero-order valence-corrected chi connectivity index (χ0v) is 18.5. The Balaban J connectivity index is 1.58. The maximum atomic E-state index is 12.8. The van der Waals surface area contributed by atoms with Gasteiger partial charge in [0.2, 0.25) is 15.9 Å². The van der Waals surface area contributed by atoms with Crippen molar-refractivity contribution in [2.45, 2.75) is 22.0 Å². The highest BCUT2D eigenvalue weighted by Crippen LogP contribution is 2.27. The maximum absolute atomic E-state index is 12.8. The molecule has 0 bridgehead atoms. The second kappa shape index (κ2) is 9.34. The molecule has 30 heavy (non-hydrogen) atoms. The Kier molecular flexibility index (Phi) is 7.02. The molecule has 1 saturated heterocycles. The second-order valence-electron chi connectivity index (χ2n) is 6.69. The molecular weight excluding hydrogens is 450 g/mol. The first kappa shape index (κ1) is 22.5. The van der Waals surface area contributed by atoms with Crippen LogP contribution in [0.4, 0.5) is 5.69 Å². The summed E-state index contributed by atoms with van der Waals surface area (Å²) in [6, 6.07) is 12.0. The number of thioether (sulfide) groups is 1. The van der Waals surface area contributed by atoms with Crippen LogP contribution in [0.2, 0.25) is 5.02 Å². The van der Waals surface area contributed by atoms with E-state index in [0.717, 1.165) is 4.90 Å². The van der Waals surface area contributed by atoms with Gasteiger partial charge >= 0.3 is 0 Å². The lowest BCUT2D eigenvalue weighted by Crippen LogP contribution is -2.52. The van der Waals surface area contributed by atoms with E-state index in [2.05, 4.69) is 0 Å². The molecule has 1 aliphatic heterocycles. The number of nitro groups is 1. The van der Waals surface area contributed by atoms with Crippen LogP contribution >= 0.6 is 23.4 Å². The molecule has 0 unspecified atom stereocenters. The van der Waals surface area contributed by atoms with Crippen molar-refractivity contribution in [2.75, 3.05) is 26.2 Å². The SMILES string of the molecule is C[C@H](Sc1ccc([N+](=O)[O-])cc1)C(=O)N1CCN(S(=O)(=O)c2ccc(Cl)cc2)CC1. The fourth-order valence-electron chi connectivity index (χ4n) is 3.06. The van der Waals surface area contributed by atoms with Gasteiger partial charge in [0.15, 0.2) is 0 Å². The summed E-state index contributed by atoms with van der Waals surface area (Å²) in [5.41, 5.74) is -0.00338. The van der Waals surface area contributed by atoms with E-state index in [9.17, 15) is 23.3 Å². The van der Waals surface area contributed by atoms with Gasteiger partial charge in [0.05, 0.1) is 15.1 Å². The molecule has 0 aromatic heterocycles. The van der Waals surface area contributed by atoms with Crippen molar-refractivity contribution < 1.29 is 18.1 Å². The normalized spacial score (nSPS) is 16.3. The standard InChI is InChI=1S/C19H20ClN3O5S2/c1-14(29-17-6-4-16(5-7-17)23(25)26)19(24)21-10-12-22(13-11-21)30(27,28)18-8-2-15(20)3-9-18/h2-9,14H,10-13H2,1H3/t14-/m0/s1. The summed E-state index contributed by atoms with van der Waals surface area (Å²) in [5, 5.41) is 10.8. The van der Waals surface area contributed by atoms with E-state index >= 15 is 0 Å². The van der Waals surface area contributed by atoms with E-state index < -0.39 is 20.2 Å². The summed E-state index contributed by atoms with van der Waals surface area (Å²) in [6.07, 6.45) is 0. The van der Waals surface area contributed by atoms with Crippen molar-refractivity contribution in [1.29, 1.82) is 0 Å². The number of rotatable bonds is 6. The Bertz CT molecular complexity index is 1020. The molecule has 3 rings (SSSR count). The Morgan fingerprint density at radius 2 is 1.63 bits per heavy atom. The molecule has 0 saturated carbocycles. The van der Waals surface area contributed by atoms with Crippen molar-refractivity contribution in [3.63, 3.8) is 0 Å². The van der Waals surface area contributed by atoms with Crippen molar-refractivity contribution >= 4 is 45.0 Å². The van der Waals surface area contributed by atoms with E-state index in [1.54, 1.807) is 24.0 Å². The predicted octanol–water partition coefficient (Wildman–Crippen LogP) is 3.26. The van der Waals surface area contributed by atoms with Gasteiger partial charge < -0.3 is 4.90 Å². The highest BCUT2D eigenvalue weighted by Gasteiger charge is 2.31. The van der Waals surface area contributed by atoms with E-state index in [1.165, 1.54) is 52.5 Å². The van der Waals surface area contributed by atoms with Crippen LogP contribution in [0.3, 0.4) is 0 Å². The van der Waals surface area contributed by atoms with E-state index in [0.29, 0.717) is 18.1 Å². The summed E-state index contributed by atoms with van der Waals surface area (Å²) >= 11 is 7.14. The molecule has 0 radical (unpaired) electrons. The highest BCUT2D eigenvalue weighted by atomic mass is 35.5. The molecule has 1 aliphatic rings. The lowest BCUT2D eigenvalue weighted by atomic mass is 10.3. The molecule has 8 nitrogen and oxygen atoms in total. The van der Waals surface area contributed by atoms with Gasteiger partial charge in [-0.15, -0.1) is 11.8 Å². The molecule has 2 aromatic rings. The maximum Gasteiger partial charge on any atom is 0.269 e. The summed E-state index contributed by atoms with van der Waals surface area (Å²) in [6.45, 7) is 2.80. The number of nitrogens with zero attached hydrogens (tertiary/aromatic N) is 3. The van der Waals surface area contributed by atoms with Crippen LogP contribution in [0.5, 0.6) is 0 Å². The summed E-state index contributed by atoms with van der Waals surface area (Å²) < 4.78 is 26.9. The number of non-ortho nitro benzene ring substituents is 1. The van der Waals surface area contributed by atoms with Crippen LogP contribution in [0, 0.1) is 10.1 Å². The number of amides is 1. The van der Waals surface area contributed by atoms with Crippen LogP contribution < -0.4 is 0 Å². The second-order valence-corrected chi connectivity index (χ2v) is 10.5. The number of piperazine rings is 1. The smallest absolute Gasteiger partial charge is 0.269 e. The average molecular weight is 470 g/mol. The third-order valence-electron chi connectivity index (χ3n) is 4.71. The Labute approximate surface area is 184 Å². The van der Waals surface area contributed by atoms with Gasteiger partial charge in [0.1, 0.15) is 0 Å². The third kappa shape index (κ3) is 5.12. The van der Waals surface area contributed by atoms with Crippen LogP contribution in [-0.2, 0) is 14.8 Å². The predicted molar refractivity (Wildman–Crippen MR) is 115 cm³/mol. The van der Waals surface area contributed by atoms with Gasteiger partial charge in [-0.3, -0.25) is 14.9 Å². The molecule has 0 N–H and O–H groups in total. The topological polar surface area (TPSA) is 101 Å². The number of hydrogen-bond donors (Lipinski definition) is 0. The van der Waals surface area contributed by atoms with Crippen molar-refractivity contribution in [3.05, 3.63) is 63.7 Å². The molecule has 1 fully saturated rings. The quantitative estimate of drug-likeness (QED) is 0.365. The van der Waals surface area contributed by atoms with Crippen LogP contribution in [0.15, 0.2) is 58.3 Å². The van der Waals surface area contributed by atoms with Crippen molar-refractivity contribution in [2.24, 2.45) is 0 Å². The number of carbonyl (C=O) groups is 1. The van der Waals surface area contributed by atoms with Gasteiger partial charge in [-0.25, -0.2) is 8.42 Å². The first-order valence-corrected chi connectivity index (χ1v) is 11.8. The Morgan fingerprint density at radius 1 is 1.07 bits per heavy atom. The lowest BCUT2D eigenvalue weighted by molar-refractivity contribution is -0.384. The Hall–Kier alpha value is -2.14. The zero-order chi connectivity index (χ0) is 21.9. The molecule has 1 heterocycles. The monoisotopic (exact) mass is 469 g/mol. The first-order chi connectivity index (χ1) is 14.2. The number of nitro benzene ring substituents is 1. The minimum atomic E-state index is -3.63. The molecule has 11 heteroatoms. The molecule has 160 valence electrons. The minimum Gasteiger partial charge on any atom is -0.339 e. The molecular formula is C19H20ClN3O5S2. The largest absolute Gasteiger partial charge is 0.339 e. The number of benzene rings is 2. The van der Waals surface area contributed by atoms with Crippen LogP contribution in [-0.4, -0.2) is 59.9 Å². The van der Waals surface area contributed by atoms with E-state index in [1.807, 2.05) is 0 Å². The van der Waals surface area contributed by atoms with E-state index in [4.69, 9.17) is 11.6 Å². The summed E-state index contributed by atoms with van der Waals surface area (Å²) in [7, 11) is -3.63. The van der Waals surface area contributed by atoms with Gasteiger partial charge in [-0.1, -0.05) is 11.6 Å².